The second kappa shape index (κ2) is 9.12. The molecule has 0 bridgehead atoms. The largest absolute Gasteiger partial charge is 0.491 e. The lowest BCUT2D eigenvalue weighted by atomic mass is 10.1. The van der Waals surface area contributed by atoms with E-state index in [1.807, 2.05) is 28.9 Å². The summed E-state index contributed by atoms with van der Waals surface area (Å²) in [4.78, 5) is 0. The van der Waals surface area contributed by atoms with Gasteiger partial charge in [-0.05, 0) is 67.4 Å². The van der Waals surface area contributed by atoms with Gasteiger partial charge in [-0.25, -0.2) is 4.68 Å². The van der Waals surface area contributed by atoms with E-state index in [2.05, 4.69) is 37.3 Å². The zero-order valence-electron chi connectivity index (χ0n) is 17.8. The lowest BCUT2D eigenvalue weighted by Gasteiger charge is -2.09. The van der Waals surface area contributed by atoms with Crippen molar-refractivity contribution in [3.63, 3.8) is 0 Å². The van der Waals surface area contributed by atoms with Crippen molar-refractivity contribution in [3.05, 3.63) is 60.3 Å². The van der Waals surface area contributed by atoms with E-state index in [1.54, 1.807) is 0 Å². The maximum absolute atomic E-state index is 5.77. The molecule has 6 heteroatoms. The summed E-state index contributed by atoms with van der Waals surface area (Å²) in [6.45, 7) is 5.04. The molecule has 2 saturated heterocycles. The maximum Gasteiger partial charge on any atom is 0.119 e. The quantitative estimate of drug-likeness (QED) is 0.429. The van der Waals surface area contributed by atoms with E-state index in [9.17, 15) is 0 Å². The summed E-state index contributed by atoms with van der Waals surface area (Å²) in [7, 11) is 0. The third-order valence-corrected chi connectivity index (χ3v) is 5.48. The molecule has 2 atom stereocenters. The second-order valence-corrected chi connectivity index (χ2v) is 8.09. The average Bonchev–Trinajstić information content (AvgIpc) is 3.74. The first-order chi connectivity index (χ1) is 15.3. The van der Waals surface area contributed by atoms with Crippen molar-refractivity contribution in [2.24, 2.45) is 0 Å². The molecule has 0 amide bonds. The van der Waals surface area contributed by atoms with Crippen LogP contribution in [0.2, 0.25) is 0 Å². The average molecular weight is 421 g/mol. The van der Waals surface area contributed by atoms with E-state index >= 15 is 0 Å². The molecule has 0 spiro atoms. The van der Waals surface area contributed by atoms with E-state index in [0.717, 1.165) is 60.9 Å². The Morgan fingerprint density at radius 1 is 0.903 bits per heavy atom. The Hall–Kier alpha value is -2.83. The van der Waals surface area contributed by atoms with Gasteiger partial charge in [-0.15, -0.1) is 0 Å². The first-order valence-corrected chi connectivity index (χ1v) is 11.1. The van der Waals surface area contributed by atoms with Crippen molar-refractivity contribution in [2.45, 2.75) is 38.4 Å². The zero-order valence-corrected chi connectivity index (χ0v) is 17.8. The molecule has 0 N–H and O–H groups in total. The fraction of sp³-hybridized carbons (Fsp3) is 0.400. The van der Waals surface area contributed by atoms with Gasteiger partial charge in [-0.3, -0.25) is 0 Å². The molecular weight excluding hydrogens is 392 g/mol. The zero-order chi connectivity index (χ0) is 21.0. The minimum absolute atomic E-state index is 0.257. The minimum Gasteiger partial charge on any atom is -0.491 e. The third kappa shape index (κ3) is 5.27. The lowest BCUT2D eigenvalue weighted by molar-refractivity contribution is 0.263. The van der Waals surface area contributed by atoms with E-state index in [1.165, 1.54) is 5.69 Å². The van der Waals surface area contributed by atoms with Crippen LogP contribution in [0.25, 0.3) is 16.9 Å². The van der Waals surface area contributed by atoms with Crippen LogP contribution in [0.4, 0.5) is 0 Å². The number of rotatable bonds is 11. The van der Waals surface area contributed by atoms with E-state index in [0.29, 0.717) is 13.2 Å². The molecule has 2 unspecified atom stereocenters. The number of ether oxygens (including phenoxy) is 4. The highest BCUT2D eigenvalue weighted by Gasteiger charge is 2.23. The first kappa shape index (κ1) is 20.1. The number of hydrogen-bond acceptors (Lipinski definition) is 5. The molecule has 6 nitrogen and oxygen atoms in total. The molecular formula is C25H28N2O4. The van der Waals surface area contributed by atoms with Crippen LogP contribution in [0, 0.1) is 0 Å². The first-order valence-electron chi connectivity index (χ1n) is 11.1. The predicted molar refractivity (Wildman–Crippen MR) is 118 cm³/mol. The smallest absolute Gasteiger partial charge is 0.119 e. The van der Waals surface area contributed by atoms with Crippen LogP contribution >= 0.6 is 0 Å². The molecule has 162 valence electrons. The number of aryl methyl sites for hydroxylation is 1. The van der Waals surface area contributed by atoms with Crippen molar-refractivity contribution in [1.82, 2.24) is 9.78 Å². The van der Waals surface area contributed by atoms with E-state index in [4.69, 9.17) is 24.0 Å². The molecule has 5 rings (SSSR count). The Morgan fingerprint density at radius 2 is 1.48 bits per heavy atom. The predicted octanol–water partition coefficient (Wildman–Crippen LogP) is 4.44. The molecule has 3 aromatic rings. The molecule has 2 aliphatic heterocycles. The summed E-state index contributed by atoms with van der Waals surface area (Å²) >= 11 is 0. The van der Waals surface area contributed by atoms with Gasteiger partial charge in [-0.2, -0.15) is 5.10 Å². The highest BCUT2D eigenvalue weighted by Crippen LogP contribution is 2.26. The van der Waals surface area contributed by atoms with Gasteiger partial charge < -0.3 is 18.9 Å². The van der Waals surface area contributed by atoms with Crippen LogP contribution in [0.1, 0.15) is 25.5 Å². The summed E-state index contributed by atoms with van der Waals surface area (Å²) < 4.78 is 24.0. The van der Waals surface area contributed by atoms with Crippen molar-refractivity contribution < 1.29 is 18.9 Å². The third-order valence-electron chi connectivity index (χ3n) is 5.48. The number of aromatic nitrogens is 2. The van der Waals surface area contributed by atoms with Crippen molar-refractivity contribution >= 4 is 0 Å². The Labute approximate surface area is 182 Å². The van der Waals surface area contributed by atoms with Gasteiger partial charge in [0.25, 0.3) is 0 Å². The van der Waals surface area contributed by atoms with Gasteiger partial charge >= 0.3 is 0 Å². The van der Waals surface area contributed by atoms with Gasteiger partial charge in [0.1, 0.15) is 36.9 Å². The van der Waals surface area contributed by atoms with Crippen LogP contribution < -0.4 is 9.47 Å². The highest BCUT2D eigenvalue weighted by atomic mass is 16.6. The molecule has 0 saturated carbocycles. The molecule has 2 aliphatic rings. The van der Waals surface area contributed by atoms with Crippen molar-refractivity contribution in [2.75, 3.05) is 26.4 Å². The molecule has 0 aliphatic carbocycles. The standard InChI is InChI=1S/C25H28N2O4/c1-2-3-4-20-13-25(18-5-9-21(10-6-18)28-14-23-16-30-23)26-27(20)19-7-11-22(12-8-19)29-15-24-17-31-24/h5-13,23-24H,2-4,14-17H2,1H3. The van der Waals surface area contributed by atoms with Gasteiger partial charge in [0, 0.05) is 11.3 Å². The second-order valence-electron chi connectivity index (χ2n) is 8.09. The molecule has 3 heterocycles. The monoisotopic (exact) mass is 420 g/mol. The SMILES string of the molecule is CCCCc1cc(-c2ccc(OCC3CO3)cc2)nn1-c1ccc(OCC2CO2)cc1. The summed E-state index contributed by atoms with van der Waals surface area (Å²) in [5.41, 5.74) is 4.30. The number of unbranched alkanes of at least 4 members (excludes halogenated alkanes) is 1. The van der Waals surface area contributed by atoms with Crippen LogP contribution in [0.15, 0.2) is 54.6 Å². The molecule has 2 fully saturated rings. The number of nitrogens with zero attached hydrogens (tertiary/aromatic N) is 2. The van der Waals surface area contributed by atoms with Gasteiger partial charge in [0.05, 0.1) is 24.6 Å². The van der Waals surface area contributed by atoms with Crippen LogP contribution in [0.3, 0.4) is 0 Å². The van der Waals surface area contributed by atoms with Crippen molar-refractivity contribution in [3.8, 4) is 28.4 Å². The molecule has 0 radical (unpaired) electrons. The van der Waals surface area contributed by atoms with Crippen LogP contribution in [-0.2, 0) is 15.9 Å². The van der Waals surface area contributed by atoms with Gasteiger partial charge in [0.2, 0.25) is 0 Å². The summed E-state index contributed by atoms with van der Waals surface area (Å²) in [5.74, 6) is 1.71. The minimum atomic E-state index is 0.257. The summed E-state index contributed by atoms with van der Waals surface area (Å²) in [6, 6.07) is 18.4. The highest BCUT2D eigenvalue weighted by molar-refractivity contribution is 5.61. The van der Waals surface area contributed by atoms with Gasteiger partial charge in [-0.1, -0.05) is 13.3 Å². The Morgan fingerprint density at radius 3 is 2.03 bits per heavy atom. The maximum atomic E-state index is 5.77. The van der Waals surface area contributed by atoms with Gasteiger partial charge in [0.15, 0.2) is 0 Å². The fourth-order valence-corrected chi connectivity index (χ4v) is 3.43. The topological polar surface area (TPSA) is 61.3 Å². The van der Waals surface area contributed by atoms with Crippen LogP contribution in [0.5, 0.6) is 11.5 Å². The fourth-order valence-electron chi connectivity index (χ4n) is 3.43. The summed E-state index contributed by atoms with van der Waals surface area (Å²) in [5, 5.41) is 4.93. The molecule has 2 aromatic carbocycles. The van der Waals surface area contributed by atoms with E-state index < -0.39 is 0 Å². The summed E-state index contributed by atoms with van der Waals surface area (Å²) in [6.07, 6.45) is 3.78. The normalized spacial score (nSPS) is 19.3. The molecule has 31 heavy (non-hydrogen) atoms. The van der Waals surface area contributed by atoms with Crippen molar-refractivity contribution in [1.29, 1.82) is 0 Å². The number of benzene rings is 2. The number of hydrogen-bond donors (Lipinski definition) is 0. The lowest BCUT2D eigenvalue weighted by Crippen LogP contribution is -2.05. The Bertz CT molecular complexity index is 989. The van der Waals surface area contributed by atoms with E-state index in [-0.39, 0.29) is 12.2 Å². The number of epoxide rings is 2. The van der Waals surface area contributed by atoms with Crippen LogP contribution in [-0.4, -0.2) is 48.4 Å². The Kier molecular flexibility index (Phi) is 5.91. The Balaban J connectivity index is 1.33. The molecule has 1 aromatic heterocycles.